The predicted molar refractivity (Wildman–Crippen MR) is 107 cm³/mol. The van der Waals surface area contributed by atoms with E-state index >= 15 is 0 Å². The van der Waals surface area contributed by atoms with E-state index < -0.39 is 8.07 Å². The molecule has 0 N–H and O–H groups in total. The summed E-state index contributed by atoms with van der Waals surface area (Å²) in [7, 11) is 1.00. The van der Waals surface area contributed by atoms with Crippen molar-refractivity contribution in [2.24, 2.45) is 0 Å². The average molecular weight is 388 g/mol. The van der Waals surface area contributed by atoms with E-state index in [0.29, 0.717) is 29.3 Å². The van der Waals surface area contributed by atoms with Gasteiger partial charge in [-0.2, -0.15) is 5.26 Å². The van der Waals surface area contributed by atoms with Crippen LogP contribution < -0.4 is 4.74 Å². The molecule has 7 nitrogen and oxygen atoms in total. The first-order valence-electron chi connectivity index (χ1n) is 9.54. The Balaban J connectivity index is 1.69. The van der Waals surface area contributed by atoms with Crippen molar-refractivity contribution in [1.82, 2.24) is 19.4 Å². The maximum Gasteiger partial charge on any atom is 0.233 e. The second kappa shape index (κ2) is 8.38. The van der Waals surface area contributed by atoms with E-state index in [1.165, 1.54) is 0 Å². The van der Waals surface area contributed by atoms with Crippen molar-refractivity contribution in [2.45, 2.75) is 51.4 Å². The fourth-order valence-electron chi connectivity index (χ4n) is 3.09. The molecule has 1 fully saturated rings. The van der Waals surface area contributed by atoms with Gasteiger partial charge in [-0.1, -0.05) is 19.6 Å². The minimum Gasteiger partial charge on any atom is -0.473 e. The Morgan fingerprint density at radius 3 is 2.70 bits per heavy atom. The predicted octanol–water partition coefficient (Wildman–Crippen LogP) is 3.09. The minimum atomic E-state index is -1.12. The van der Waals surface area contributed by atoms with Crippen LogP contribution in [0.1, 0.15) is 18.4 Å². The van der Waals surface area contributed by atoms with E-state index in [1.54, 1.807) is 12.4 Å². The first-order chi connectivity index (χ1) is 12.9. The molecule has 3 heterocycles. The molecule has 146 valence electrons. The minimum absolute atomic E-state index is 0.158. The first kappa shape index (κ1) is 19.8. The summed E-state index contributed by atoms with van der Waals surface area (Å²) in [6.45, 7) is 10.1. The quantitative estimate of drug-likeness (QED) is 0.537. The molecular formula is C19H29N5O2Si. The summed E-state index contributed by atoms with van der Waals surface area (Å²) in [5.74, 6) is 0.492. The van der Waals surface area contributed by atoms with Gasteiger partial charge in [-0.3, -0.25) is 0 Å². The van der Waals surface area contributed by atoms with E-state index in [0.717, 1.165) is 38.6 Å². The number of ether oxygens (including phenoxy) is 2. The van der Waals surface area contributed by atoms with Gasteiger partial charge < -0.3 is 18.9 Å². The van der Waals surface area contributed by atoms with Crippen LogP contribution in [-0.2, 0) is 11.5 Å². The normalized spacial score (nSPS) is 16.6. The molecule has 2 aromatic rings. The molecule has 27 heavy (non-hydrogen) atoms. The van der Waals surface area contributed by atoms with Crippen molar-refractivity contribution in [1.29, 1.82) is 5.26 Å². The average Bonchev–Trinajstić information content (AvgIpc) is 2.97. The van der Waals surface area contributed by atoms with E-state index in [4.69, 9.17) is 9.47 Å². The third kappa shape index (κ3) is 5.28. The zero-order valence-electron chi connectivity index (χ0n) is 16.7. The molecule has 0 spiro atoms. The number of hydrogen-bond donors (Lipinski definition) is 0. The molecule has 0 bridgehead atoms. The van der Waals surface area contributed by atoms with Gasteiger partial charge in [-0.15, -0.1) is 0 Å². The third-order valence-corrected chi connectivity index (χ3v) is 6.55. The molecule has 1 aliphatic heterocycles. The molecular weight excluding hydrogens is 358 g/mol. The van der Waals surface area contributed by atoms with Gasteiger partial charge in [0.25, 0.3) is 0 Å². The molecule has 0 atom stereocenters. The lowest BCUT2D eigenvalue weighted by Crippen LogP contribution is -2.35. The maximum absolute atomic E-state index is 9.46. The van der Waals surface area contributed by atoms with Gasteiger partial charge in [-0.05, 0) is 25.9 Å². The summed E-state index contributed by atoms with van der Waals surface area (Å²) in [5, 5.41) is 9.46. The van der Waals surface area contributed by atoms with E-state index in [2.05, 4.69) is 47.6 Å². The molecule has 0 aliphatic carbocycles. The van der Waals surface area contributed by atoms with Gasteiger partial charge in [0.05, 0.1) is 11.8 Å². The van der Waals surface area contributed by atoms with Crippen LogP contribution >= 0.6 is 0 Å². The first-order valence-corrected chi connectivity index (χ1v) is 13.3. The number of piperidine rings is 1. The summed E-state index contributed by atoms with van der Waals surface area (Å²) < 4.78 is 13.7. The summed E-state index contributed by atoms with van der Waals surface area (Å²) in [6, 6.07) is 3.32. The van der Waals surface area contributed by atoms with Crippen LogP contribution in [-0.4, -0.2) is 60.4 Å². The summed E-state index contributed by atoms with van der Waals surface area (Å²) in [5.41, 5.74) is 1.74. The van der Waals surface area contributed by atoms with Crippen LogP contribution in [0.5, 0.6) is 5.88 Å². The Bertz CT molecular complexity index is 816. The molecule has 2 aromatic heterocycles. The Morgan fingerprint density at radius 2 is 2.04 bits per heavy atom. The zero-order chi connectivity index (χ0) is 19.4. The lowest BCUT2D eigenvalue weighted by molar-refractivity contribution is 0.0897. The van der Waals surface area contributed by atoms with Crippen molar-refractivity contribution in [3.05, 3.63) is 18.0 Å². The molecule has 8 heteroatoms. The molecule has 1 saturated heterocycles. The number of fused-ring (bicyclic) bond motifs is 1. The number of aromatic nitrogens is 3. The van der Waals surface area contributed by atoms with Crippen LogP contribution in [0.3, 0.4) is 0 Å². The topological polar surface area (TPSA) is 76.2 Å². The standard InChI is InChI=1S/C19H29N5O2Si/c1-23-7-5-16(6-8-23)26-17-12-21-19-18(22-17)15(11-20)13-24(19)14-25-9-10-27(2,3)4/h12-13,16H,5-10,14H2,1-4H3. The summed E-state index contributed by atoms with van der Waals surface area (Å²) in [6.07, 6.45) is 5.53. The van der Waals surface area contributed by atoms with Crippen molar-refractivity contribution >= 4 is 19.2 Å². The number of nitrogens with zero attached hydrogens (tertiary/aromatic N) is 5. The van der Waals surface area contributed by atoms with Crippen LogP contribution in [0.15, 0.2) is 12.4 Å². The van der Waals surface area contributed by atoms with Gasteiger partial charge in [0, 0.05) is 34.0 Å². The highest BCUT2D eigenvalue weighted by Gasteiger charge is 2.20. The van der Waals surface area contributed by atoms with Crippen molar-refractivity contribution < 1.29 is 9.47 Å². The van der Waals surface area contributed by atoms with Gasteiger partial charge in [0.1, 0.15) is 24.4 Å². The molecule has 0 amide bonds. The highest BCUT2D eigenvalue weighted by Crippen LogP contribution is 2.22. The smallest absolute Gasteiger partial charge is 0.233 e. The largest absolute Gasteiger partial charge is 0.473 e. The molecule has 3 rings (SSSR count). The third-order valence-electron chi connectivity index (χ3n) is 4.84. The number of rotatable bonds is 7. The molecule has 1 aliphatic rings. The zero-order valence-corrected chi connectivity index (χ0v) is 17.7. The molecule has 0 aromatic carbocycles. The lowest BCUT2D eigenvalue weighted by Gasteiger charge is -2.28. The van der Waals surface area contributed by atoms with Crippen LogP contribution in [0.2, 0.25) is 25.7 Å². The van der Waals surface area contributed by atoms with Crippen molar-refractivity contribution in [3.8, 4) is 11.9 Å². The van der Waals surface area contributed by atoms with Gasteiger partial charge >= 0.3 is 0 Å². The molecule has 0 saturated carbocycles. The SMILES string of the molecule is CN1CCC(Oc2cnc3c(n2)c(C#N)cn3COCC[Si](C)(C)C)CC1. The van der Waals surface area contributed by atoms with Crippen molar-refractivity contribution in [2.75, 3.05) is 26.7 Å². The Kier molecular flexibility index (Phi) is 6.14. The number of hydrogen-bond acceptors (Lipinski definition) is 6. The maximum atomic E-state index is 9.46. The fourth-order valence-corrected chi connectivity index (χ4v) is 3.84. The summed E-state index contributed by atoms with van der Waals surface area (Å²) >= 11 is 0. The summed E-state index contributed by atoms with van der Waals surface area (Å²) in [4.78, 5) is 11.4. The fraction of sp³-hybridized carbons (Fsp3) is 0.632. The Morgan fingerprint density at radius 1 is 1.30 bits per heavy atom. The lowest BCUT2D eigenvalue weighted by atomic mass is 10.1. The molecule has 0 unspecified atom stereocenters. The van der Waals surface area contributed by atoms with Crippen LogP contribution in [0.25, 0.3) is 11.2 Å². The second-order valence-corrected chi connectivity index (χ2v) is 14.1. The number of likely N-dealkylation sites (tertiary alicyclic amines) is 1. The van der Waals surface area contributed by atoms with Gasteiger partial charge in [-0.25, -0.2) is 9.97 Å². The number of nitriles is 1. The highest BCUT2D eigenvalue weighted by atomic mass is 28.3. The van der Waals surface area contributed by atoms with Crippen LogP contribution in [0.4, 0.5) is 0 Å². The highest BCUT2D eigenvalue weighted by molar-refractivity contribution is 6.76. The Labute approximate surface area is 161 Å². The second-order valence-electron chi connectivity index (χ2n) is 8.47. The van der Waals surface area contributed by atoms with Crippen molar-refractivity contribution in [3.63, 3.8) is 0 Å². The van der Waals surface area contributed by atoms with E-state index in [-0.39, 0.29) is 6.10 Å². The monoisotopic (exact) mass is 387 g/mol. The molecule has 0 radical (unpaired) electrons. The van der Waals surface area contributed by atoms with E-state index in [1.807, 2.05) is 4.57 Å². The van der Waals surface area contributed by atoms with Crippen LogP contribution in [0, 0.1) is 11.3 Å². The Hall–Kier alpha value is -1.95. The van der Waals surface area contributed by atoms with E-state index in [9.17, 15) is 5.26 Å². The van der Waals surface area contributed by atoms with Gasteiger partial charge in [0.2, 0.25) is 5.88 Å². The van der Waals surface area contributed by atoms with Gasteiger partial charge in [0.15, 0.2) is 5.65 Å².